The third kappa shape index (κ3) is 12.3. The molecule has 2 aliphatic heterocycles. The Balaban J connectivity index is 0.892. The number of aryl methyl sites for hydroxylation is 2. The molecule has 3 aliphatic rings. The largest absolute Gasteiger partial charge is 0.492 e. The van der Waals surface area contributed by atoms with Gasteiger partial charge in [0.05, 0.1) is 22.9 Å². The van der Waals surface area contributed by atoms with Gasteiger partial charge in [0.15, 0.2) is 21.8 Å². The van der Waals surface area contributed by atoms with Crippen molar-refractivity contribution in [1.29, 1.82) is 0 Å². The number of anilines is 3. The molecule has 0 saturated carbocycles. The lowest BCUT2D eigenvalue weighted by Gasteiger charge is -2.41. The molecule has 3 aromatic carbocycles. The van der Waals surface area contributed by atoms with Crippen LogP contribution < -0.4 is 35.6 Å². The van der Waals surface area contributed by atoms with Crippen molar-refractivity contribution in [1.82, 2.24) is 51.0 Å². The second-order valence-corrected chi connectivity index (χ2v) is 25.7. The highest BCUT2D eigenvalue weighted by molar-refractivity contribution is 7.92. The van der Waals surface area contributed by atoms with Gasteiger partial charge < -0.3 is 45.3 Å². The summed E-state index contributed by atoms with van der Waals surface area (Å²) in [5.74, 6) is 1.36. The number of alkyl carbamates (subject to hydrolysis) is 1. The van der Waals surface area contributed by atoms with Gasteiger partial charge >= 0.3 is 6.09 Å². The minimum atomic E-state index is -3.88. The topological polar surface area (TPSA) is 265 Å². The lowest BCUT2D eigenvalue weighted by Crippen LogP contribution is -2.61. The molecule has 424 valence electrons. The molecule has 5 heterocycles. The predicted molar refractivity (Wildman–Crippen MR) is 301 cm³/mol. The summed E-state index contributed by atoms with van der Waals surface area (Å²) < 4.78 is 45.2. The van der Waals surface area contributed by atoms with E-state index in [2.05, 4.69) is 62.4 Å². The molecule has 4 atom stereocenters. The first-order chi connectivity index (χ1) is 38.0. The third-order valence-corrected chi connectivity index (χ3v) is 17.9. The number of H-pyrrole nitrogens is 1. The van der Waals surface area contributed by atoms with E-state index in [-0.39, 0.29) is 48.1 Å². The maximum Gasteiger partial charge on any atom is 0.407 e. The predicted octanol–water partition coefficient (Wildman–Crippen LogP) is 7.89. The molecule has 21 nitrogen and oxygen atoms in total. The second-order valence-electron chi connectivity index (χ2n) is 23.0. The molecule has 6 aromatic rings. The Bertz CT molecular complexity index is 3420. The normalized spacial score (nSPS) is 17.6. The highest BCUT2D eigenvalue weighted by atomic mass is 32.2. The van der Waals surface area contributed by atoms with E-state index in [1.807, 2.05) is 71.0 Å². The van der Waals surface area contributed by atoms with E-state index in [0.717, 1.165) is 60.1 Å². The van der Waals surface area contributed by atoms with Gasteiger partial charge in [-0.1, -0.05) is 51.1 Å². The van der Waals surface area contributed by atoms with Crippen LogP contribution in [-0.2, 0) is 48.3 Å². The van der Waals surface area contributed by atoms with Crippen LogP contribution in [0.2, 0.25) is 0 Å². The maximum atomic E-state index is 15.0. The summed E-state index contributed by atoms with van der Waals surface area (Å²) in [6, 6.07) is 16.5. The van der Waals surface area contributed by atoms with Gasteiger partial charge in [0.1, 0.15) is 52.8 Å². The highest BCUT2D eigenvalue weighted by Gasteiger charge is 2.44. The fourth-order valence-electron chi connectivity index (χ4n) is 10.4. The molecule has 80 heavy (non-hydrogen) atoms. The van der Waals surface area contributed by atoms with E-state index >= 15 is 0 Å². The number of sulfone groups is 1. The van der Waals surface area contributed by atoms with Gasteiger partial charge in [0, 0.05) is 61.9 Å². The lowest BCUT2D eigenvalue weighted by atomic mass is 9.83. The number of fused-ring (bicyclic) bond motifs is 3. The number of amides is 4. The Morgan fingerprint density at radius 3 is 2.33 bits per heavy atom. The van der Waals surface area contributed by atoms with Crippen LogP contribution in [-0.4, -0.2) is 117 Å². The number of rotatable bonds is 15. The molecule has 1 saturated heterocycles. The van der Waals surface area contributed by atoms with Gasteiger partial charge in [-0.05, 0) is 125 Å². The molecule has 3 aromatic heterocycles. The van der Waals surface area contributed by atoms with Gasteiger partial charge in [-0.2, -0.15) is 5.10 Å². The number of hydrogen-bond donors (Lipinski definition) is 5. The molecule has 5 N–H and O–H groups in total. The van der Waals surface area contributed by atoms with Crippen LogP contribution in [0.1, 0.15) is 114 Å². The van der Waals surface area contributed by atoms with Gasteiger partial charge in [-0.3, -0.25) is 19.5 Å². The van der Waals surface area contributed by atoms with Gasteiger partial charge in [0.25, 0.3) is 5.91 Å². The minimum absolute atomic E-state index is 0.0403. The Kier molecular flexibility index (Phi) is 16.4. The van der Waals surface area contributed by atoms with Crippen molar-refractivity contribution in [2.24, 2.45) is 11.3 Å². The Morgan fingerprint density at radius 2 is 1.61 bits per heavy atom. The Labute approximate surface area is 466 Å². The van der Waals surface area contributed by atoms with E-state index in [1.165, 1.54) is 37.1 Å². The molecular formula is C58H72N12O9S. The summed E-state index contributed by atoms with van der Waals surface area (Å²) in [4.78, 5) is 76.8. The molecule has 22 heteroatoms. The summed E-state index contributed by atoms with van der Waals surface area (Å²) in [5.41, 5.74) is 5.38. The van der Waals surface area contributed by atoms with Gasteiger partial charge in [-0.25, -0.2) is 33.1 Å². The molecule has 0 radical (unpaired) electrons. The van der Waals surface area contributed by atoms with Gasteiger partial charge in [-0.15, -0.1) is 0 Å². The van der Waals surface area contributed by atoms with Crippen LogP contribution in [0.5, 0.6) is 17.4 Å². The quantitative estimate of drug-likeness (QED) is 0.0654. The summed E-state index contributed by atoms with van der Waals surface area (Å²) in [6.07, 6.45) is 5.16. The monoisotopic (exact) mass is 1110 g/mol. The molecule has 0 spiro atoms. The number of ether oxygens (including phenoxy) is 3. The van der Waals surface area contributed by atoms with E-state index < -0.39 is 56.1 Å². The Hall–Kier alpha value is -7.88. The average molecular weight is 1110 g/mol. The maximum absolute atomic E-state index is 15.0. The Morgan fingerprint density at radius 1 is 0.863 bits per heavy atom. The first-order valence-electron chi connectivity index (χ1n) is 27.2. The fourth-order valence-corrected chi connectivity index (χ4v) is 11.7. The number of nitrogens with one attached hydrogen (secondary N) is 5. The average Bonchev–Trinajstić information content (AvgIpc) is 3.76. The van der Waals surface area contributed by atoms with Crippen LogP contribution in [0.4, 0.5) is 22.2 Å². The second kappa shape index (κ2) is 23.1. The molecule has 9 rings (SSSR count). The van der Waals surface area contributed by atoms with Crippen LogP contribution >= 0.6 is 0 Å². The number of nitrogens with zero attached hydrogens (tertiary/aromatic N) is 7. The first-order valence-corrected chi connectivity index (χ1v) is 28.7. The molecule has 4 amide bonds. The van der Waals surface area contributed by atoms with Crippen LogP contribution in [0.25, 0.3) is 10.9 Å². The smallest absolute Gasteiger partial charge is 0.407 e. The number of carbonyl (C=O) groups excluding carboxylic acids is 4. The van der Waals surface area contributed by atoms with Crippen molar-refractivity contribution in [3.8, 4) is 17.4 Å². The van der Waals surface area contributed by atoms with Crippen LogP contribution in [0, 0.1) is 25.2 Å². The van der Waals surface area contributed by atoms with Crippen LogP contribution in [0.3, 0.4) is 0 Å². The number of benzene rings is 3. The standard InChI is InChI=1S/C58H72N12O9S/c1-33-34(2)67-68-51(33)66-52-42-26-47(80(75,76)58(7,8)9)46(27-44(42)60-31-63-52)77-30-36-20-22-69(23-21-36)48-28-49(62-32-61-48)79-40-19-18-38-25-45(54(72)64-43-17-13-15-37-14-11-12-16-41(37)43)70(29-39(38)24-40)55(73)50(57(4,5)6)65-53(71)35(3)78-56(74)59-10/h11-12,14,16,18-19,24,26-28,31-32,35-36,43,45,50H,13,15,17,20-23,25,29-30H2,1-10H3,(H,59,74)(H,64,72)(H,65,71)(H2,60,63,66,67,68)/t35?,43-,45+,50?/m1/s1. The first kappa shape index (κ1) is 56.8. The zero-order valence-corrected chi connectivity index (χ0v) is 47.9. The fraction of sp³-hybridized carbons (Fsp3) is 0.466. The summed E-state index contributed by atoms with van der Waals surface area (Å²) in [6.45, 7) is 17.4. The molecular weight excluding hydrogens is 1040 g/mol. The lowest BCUT2D eigenvalue weighted by molar-refractivity contribution is -0.148. The summed E-state index contributed by atoms with van der Waals surface area (Å²) in [7, 11) is -2.50. The number of aromatic nitrogens is 6. The van der Waals surface area contributed by atoms with Gasteiger partial charge in [0.2, 0.25) is 17.7 Å². The number of hydrogen-bond acceptors (Lipinski definition) is 16. The van der Waals surface area contributed by atoms with Crippen molar-refractivity contribution in [2.45, 2.75) is 141 Å². The molecule has 0 bridgehead atoms. The summed E-state index contributed by atoms with van der Waals surface area (Å²) in [5, 5.41) is 19.5. The minimum Gasteiger partial charge on any atom is -0.492 e. The zero-order valence-electron chi connectivity index (χ0n) is 47.1. The molecule has 1 aliphatic carbocycles. The zero-order chi connectivity index (χ0) is 57.3. The highest BCUT2D eigenvalue weighted by Crippen LogP contribution is 2.39. The van der Waals surface area contributed by atoms with Crippen molar-refractivity contribution in [3.05, 3.63) is 107 Å². The van der Waals surface area contributed by atoms with Crippen molar-refractivity contribution in [2.75, 3.05) is 37.0 Å². The van der Waals surface area contributed by atoms with Crippen molar-refractivity contribution in [3.63, 3.8) is 0 Å². The van der Waals surface area contributed by atoms with E-state index in [4.69, 9.17) is 14.2 Å². The van der Waals surface area contributed by atoms with E-state index in [0.29, 0.717) is 53.1 Å². The third-order valence-electron chi connectivity index (χ3n) is 15.4. The SMILES string of the molecule is CNC(=O)OC(C)C(=O)NC(C(=O)N1Cc2cc(Oc3cc(N4CCC(COc5cc6ncnc(Nc7n[nH]c(C)c7C)c6cc5S(=O)(=O)C(C)(C)C)CC4)ncn3)ccc2C[C@H]1C(=O)N[C@@H]1CCCc2ccccc21)C(C)(C)C. The van der Waals surface area contributed by atoms with E-state index in [9.17, 15) is 27.6 Å². The molecule has 1 fully saturated rings. The van der Waals surface area contributed by atoms with E-state index in [1.54, 1.807) is 39.0 Å². The number of aromatic amines is 1. The summed E-state index contributed by atoms with van der Waals surface area (Å²) >= 11 is 0. The molecule has 2 unspecified atom stereocenters. The van der Waals surface area contributed by atoms with Crippen molar-refractivity contribution >= 4 is 62.0 Å². The van der Waals surface area contributed by atoms with Crippen molar-refractivity contribution < 1.29 is 41.8 Å². The number of piperidine rings is 1. The van der Waals surface area contributed by atoms with Crippen LogP contribution in [0.15, 0.2) is 78.2 Å². The number of carbonyl (C=O) groups is 4.